The number of pyridine rings is 1. The maximum atomic E-state index is 14.4. The Kier molecular flexibility index (Phi) is 7.27. The molecule has 1 saturated heterocycles. The van der Waals surface area contributed by atoms with Gasteiger partial charge in [-0.15, -0.1) is 0 Å². The highest BCUT2D eigenvalue weighted by molar-refractivity contribution is 7.91. The Morgan fingerprint density at radius 2 is 2.03 bits per heavy atom. The normalized spacial score (nSPS) is 22.1. The summed E-state index contributed by atoms with van der Waals surface area (Å²) in [6.07, 6.45) is -3.44. The van der Waals surface area contributed by atoms with E-state index < -0.39 is 63.8 Å². The smallest absolute Gasteiger partial charge is 0.419 e. The van der Waals surface area contributed by atoms with Crippen LogP contribution in [0.15, 0.2) is 35.5 Å². The minimum Gasteiger partial charge on any atom is -0.491 e. The molecule has 0 aliphatic carbocycles. The maximum absolute atomic E-state index is 14.4. The van der Waals surface area contributed by atoms with Gasteiger partial charge in [-0.1, -0.05) is 0 Å². The molecule has 1 amide bonds. The first kappa shape index (κ1) is 26.6. The molecule has 1 fully saturated rings. The fourth-order valence-electron chi connectivity index (χ4n) is 3.90. The van der Waals surface area contributed by atoms with E-state index in [1.54, 1.807) is 0 Å². The SMILES string of the molecule is CCO[C@]1(C(F)(F)F)C[C@H](C(=O)Nc2ccnc([S@](C)(=N)=O)c2)N(c2ccc(F)c(F)c2OC)C1. The van der Waals surface area contributed by atoms with Crippen molar-refractivity contribution in [3.05, 3.63) is 42.1 Å². The molecule has 0 radical (unpaired) electrons. The van der Waals surface area contributed by atoms with Gasteiger partial charge < -0.3 is 19.7 Å². The van der Waals surface area contributed by atoms with E-state index in [9.17, 15) is 31.0 Å². The van der Waals surface area contributed by atoms with Crippen molar-refractivity contribution in [1.82, 2.24) is 4.98 Å². The molecular weight excluding hydrogens is 499 g/mol. The molecule has 1 aliphatic heterocycles. The lowest BCUT2D eigenvalue weighted by Crippen LogP contribution is -2.50. The fraction of sp³-hybridized carbons (Fsp3) is 0.429. The molecule has 2 aromatic rings. The van der Waals surface area contributed by atoms with E-state index in [4.69, 9.17) is 14.3 Å². The van der Waals surface area contributed by atoms with E-state index >= 15 is 0 Å². The Morgan fingerprint density at radius 1 is 1.34 bits per heavy atom. The Bertz CT molecular complexity index is 1220. The molecule has 1 aromatic heterocycles. The first-order chi connectivity index (χ1) is 16.2. The van der Waals surface area contributed by atoms with Gasteiger partial charge in [-0.25, -0.2) is 18.4 Å². The van der Waals surface area contributed by atoms with Gasteiger partial charge in [0.1, 0.15) is 11.1 Å². The number of nitrogens with zero attached hydrogens (tertiary/aromatic N) is 2. The van der Waals surface area contributed by atoms with Crippen LogP contribution >= 0.6 is 0 Å². The van der Waals surface area contributed by atoms with Crippen LogP contribution in [0.3, 0.4) is 0 Å². The summed E-state index contributed by atoms with van der Waals surface area (Å²) in [6, 6.07) is 2.68. The summed E-state index contributed by atoms with van der Waals surface area (Å²) in [4.78, 5) is 18.0. The molecule has 1 aliphatic rings. The summed E-state index contributed by atoms with van der Waals surface area (Å²) in [5.74, 6) is -4.28. The number of methoxy groups -OCH3 is 1. The van der Waals surface area contributed by atoms with Gasteiger partial charge >= 0.3 is 6.18 Å². The van der Waals surface area contributed by atoms with Crippen molar-refractivity contribution in [3.63, 3.8) is 0 Å². The Labute approximate surface area is 198 Å². The van der Waals surface area contributed by atoms with E-state index in [0.717, 1.165) is 30.4 Å². The number of rotatable bonds is 7. The van der Waals surface area contributed by atoms with Gasteiger partial charge in [-0.3, -0.25) is 4.79 Å². The lowest BCUT2D eigenvalue weighted by molar-refractivity contribution is -0.268. The Hall–Kier alpha value is -3.00. The molecule has 0 bridgehead atoms. The summed E-state index contributed by atoms with van der Waals surface area (Å²) in [6.45, 7) is 0.157. The van der Waals surface area contributed by atoms with E-state index in [1.807, 2.05) is 0 Å². The zero-order valence-electron chi connectivity index (χ0n) is 18.9. The molecule has 2 heterocycles. The molecule has 8 nitrogen and oxygen atoms in total. The molecule has 0 saturated carbocycles. The third kappa shape index (κ3) is 5.17. The van der Waals surface area contributed by atoms with Crippen LogP contribution in [-0.4, -0.2) is 59.4 Å². The van der Waals surface area contributed by atoms with E-state index in [1.165, 1.54) is 25.3 Å². The average Bonchev–Trinajstić information content (AvgIpc) is 3.16. The monoisotopic (exact) mass is 522 g/mol. The highest BCUT2D eigenvalue weighted by Crippen LogP contribution is 2.47. The second-order valence-corrected chi connectivity index (χ2v) is 10.0. The van der Waals surface area contributed by atoms with Crippen molar-refractivity contribution in [2.24, 2.45) is 0 Å². The Morgan fingerprint density at radius 3 is 2.60 bits per heavy atom. The number of carbonyl (C=O) groups is 1. The average molecular weight is 522 g/mol. The number of alkyl halides is 3. The van der Waals surface area contributed by atoms with Gasteiger partial charge in [0.2, 0.25) is 11.7 Å². The van der Waals surface area contributed by atoms with Crippen molar-refractivity contribution >= 4 is 27.0 Å². The summed E-state index contributed by atoms with van der Waals surface area (Å²) in [5.41, 5.74) is -3.00. The third-order valence-electron chi connectivity index (χ3n) is 5.51. The van der Waals surface area contributed by atoms with Crippen LogP contribution in [0, 0.1) is 16.4 Å². The van der Waals surface area contributed by atoms with Crippen molar-refractivity contribution in [2.75, 3.05) is 36.7 Å². The summed E-state index contributed by atoms with van der Waals surface area (Å²) in [5, 5.41) is 2.29. The molecular formula is C21H23F5N4O4S. The molecule has 2 N–H and O–H groups in total. The van der Waals surface area contributed by atoms with Crippen LogP contribution in [0.5, 0.6) is 5.75 Å². The number of hydrogen-bond donors (Lipinski definition) is 2. The predicted molar refractivity (Wildman–Crippen MR) is 117 cm³/mol. The van der Waals surface area contributed by atoms with Gasteiger partial charge in [-0.2, -0.15) is 17.6 Å². The van der Waals surface area contributed by atoms with Crippen molar-refractivity contribution < 1.29 is 40.4 Å². The van der Waals surface area contributed by atoms with Crippen molar-refractivity contribution in [2.45, 2.75) is 36.2 Å². The highest BCUT2D eigenvalue weighted by atomic mass is 32.2. The fourth-order valence-corrected chi connectivity index (χ4v) is 4.51. The number of halogens is 5. The summed E-state index contributed by atoms with van der Waals surface area (Å²) in [7, 11) is -2.21. The second kappa shape index (κ2) is 9.57. The van der Waals surface area contributed by atoms with Crippen LogP contribution in [-0.2, 0) is 19.3 Å². The van der Waals surface area contributed by atoms with E-state index in [0.29, 0.717) is 0 Å². The number of aromatic nitrogens is 1. The van der Waals surface area contributed by atoms with Crippen LogP contribution in [0.2, 0.25) is 0 Å². The van der Waals surface area contributed by atoms with Gasteiger partial charge in [0.25, 0.3) is 0 Å². The number of hydrogen-bond acceptors (Lipinski definition) is 7. The zero-order chi connectivity index (χ0) is 26.2. The minimum absolute atomic E-state index is 0.0416. The number of anilines is 2. The third-order valence-corrected chi connectivity index (χ3v) is 6.53. The standard InChI is InChI=1S/C21H23F5N4O4S/c1-4-34-20(21(24,25)26)10-15(19(31)29-12-7-8-28-16(9-12)35(3,27)32)30(11-20)14-6-5-13(22)17(23)18(14)33-2/h5-9,15,27H,4,10-11H2,1-3H3,(H,28,29,31)/t15-,20-,35-/m1/s1. The molecule has 192 valence electrons. The highest BCUT2D eigenvalue weighted by Gasteiger charge is 2.63. The van der Waals surface area contributed by atoms with Crippen molar-refractivity contribution in [1.29, 1.82) is 4.78 Å². The van der Waals surface area contributed by atoms with Gasteiger partial charge in [0.05, 0.1) is 29.1 Å². The first-order valence-corrected chi connectivity index (χ1v) is 12.2. The zero-order valence-corrected chi connectivity index (χ0v) is 19.7. The first-order valence-electron chi connectivity index (χ1n) is 10.2. The molecule has 3 atom stereocenters. The summed E-state index contributed by atoms with van der Waals surface area (Å²) < 4.78 is 100. The van der Waals surface area contributed by atoms with E-state index in [2.05, 4.69) is 10.3 Å². The lowest BCUT2D eigenvalue weighted by Gasteiger charge is -2.32. The van der Waals surface area contributed by atoms with Gasteiger partial charge in [0, 0.05) is 31.2 Å². The number of nitrogens with one attached hydrogen (secondary N) is 2. The van der Waals surface area contributed by atoms with Crippen LogP contribution in [0.25, 0.3) is 0 Å². The maximum Gasteiger partial charge on any atom is 0.419 e. The van der Waals surface area contributed by atoms with E-state index in [-0.39, 0.29) is 23.0 Å². The number of amides is 1. The minimum atomic E-state index is -4.90. The van der Waals surface area contributed by atoms with Crippen LogP contribution in [0.4, 0.5) is 33.3 Å². The van der Waals surface area contributed by atoms with Crippen LogP contribution < -0.4 is 15.0 Å². The Balaban J connectivity index is 2.07. The molecule has 35 heavy (non-hydrogen) atoms. The number of carbonyl (C=O) groups excluding carboxylic acids is 1. The molecule has 0 unspecified atom stereocenters. The molecule has 1 aromatic carbocycles. The summed E-state index contributed by atoms with van der Waals surface area (Å²) >= 11 is 0. The van der Waals surface area contributed by atoms with Gasteiger partial charge in [0.15, 0.2) is 17.2 Å². The number of benzene rings is 1. The largest absolute Gasteiger partial charge is 0.491 e. The molecule has 0 spiro atoms. The molecule has 14 heteroatoms. The molecule has 3 rings (SSSR count). The second-order valence-electron chi connectivity index (χ2n) is 7.90. The van der Waals surface area contributed by atoms with Crippen LogP contribution in [0.1, 0.15) is 13.3 Å². The van der Waals surface area contributed by atoms with Crippen molar-refractivity contribution in [3.8, 4) is 5.75 Å². The lowest BCUT2D eigenvalue weighted by atomic mass is 9.98. The quantitative estimate of drug-likeness (QED) is 0.534. The predicted octanol–water partition coefficient (Wildman–Crippen LogP) is 3.96. The van der Waals surface area contributed by atoms with Gasteiger partial charge in [-0.05, 0) is 31.2 Å². The number of ether oxygens (including phenoxy) is 2. The topological polar surface area (TPSA) is 105 Å².